The molecule has 33 heavy (non-hydrogen) atoms. The Kier molecular flexibility index (Phi) is 7.17. The van der Waals surface area contributed by atoms with Crippen LogP contribution in [-0.2, 0) is 24.7 Å². The zero-order valence-corrected chi connectivity index (χ0v) is 19.4. The molecule has 176 valence electrons. The van der Waals surface area contributed by atoms with Crippen molar-refractivity contribution in [2.45, 2.75) is 32.1 Å². The monoisotopic (exact) mass is 473 g/mol. The van der Waals surface area contributed by atoms with Gasteiger partial charge in [-0.25, -0.2) is 0 Å². The van der Waals surface area contributed by atoms with Gasteiger partial charge in [0.25, 0.3) is 11.8 Å². The van der Waals surface area contributed by atoms with Gasteiger partial charge in [-0.2, -0.15) is 5.10 Å². The van der Waals surface area contributed by atoms with E-state index in [1.807, 2.05) is 0 Å². The Balaban J connectivity index is 1.52. The summed E-state index contributed by atoms with van der Waals surface area (Å²) < 4.78 is 7.33. The maximum atomic E-state index is 13.5. The van der Waals surface area contributed by atoms with Gasteiger partial charge in [-0.15, -0.1) is 0 Å². The van der Waals surface area contributed by atoms with Crippen LogP contribution in [0.15, 0.2) is 18.2 Å². The van der Waals surface area contributed by atoms with Crippen LogP contribution < -0.4 is 15.4 Å². The molecule has 2 heterocycles. The first-order valence-corrected chi connectivity index (χ1v) is 11.6. The number of aryl methyl sites for hydroxylation is 2. The number of rotatable bonds is 1. The predicted molar refractivity (Wildman–Crippen MR) is 123 cm³/mol. The molecular weight excluding hydrogens is 446 g/mol. The van der Waals surface area contributed by atoms with Gasteiger partial charge in [0.2, 0.25) is 5.91 Å². The molecule has 2 aliphatic rings. The second kappa shape index (κ2) is 10.2. The topological polar surface area (TPSA) is 106 Å². The molecule has 0 bridgehead atoms. The van der Waals surface area contributed by atoms with E-state index >= 15 is 0 Å². The van der Waals surface area contributed by atoms with Gasteiger partial charge in [-0.3, -0.25) is 19.1 Å². The van der Waals surface area contributed by atoms with Crippen LogP contribution in [0.4, 0.5) is 0 Å². The van der Waals surface area contributed by atoms with Gasteiger partial charge >= 0.3 is 0 Å². The predicted octanol–water partition coefficient (Wildman–Crippen LogP) is 1.72. The zero-order valence-electron chi connectivity index (χ0n) is 18.7. The second-order valence-electron chi connectivity index (χ2n) is 8.28. The fraction of sp³-hybridized carbons (Fsp3) is 0.478. The quantitative estimate of drug-likeness (QED) is 0.656. The van der Waals surface area contributed by atoms with E-state index in [-0.39, 0.29) is 37.4 Å². The van der Waals surface area contributed by atoms with Crippen molar-refractivity contribution in [2.24, 2.45) is 7.05 Å². The summed E-state index contributed by atoms with van der Waals surface area (Å²) in [6.45, 7) is 1.01. The SMILES string of the molecule is Cn1nc2c(c1C(=O)N1CCCNC(=O)c3cc(Cl)ccc3OCCNC(=O)C1)CCCC2. The molecule has 0 saturated heterocycles. The molecule has 1 aromatic heterocycles. The molecular formula is C23H28ClN5O4. The lowest BCUT2D eigenvalue weighted by Crippen LogP contribution is -2.44. The third kappa shape index (κ3) is 5.30. The summed E-state index contributed by atoms with van der Waals surface area (Å²) in [7, 11) is 1.77. The molecule has 1 aliphatic heterocycles. The van der Waals surface area contributed by atoms with Crippen LogP contribution in [0.3, 0.4) is 0 Å². The van der Waals surface area contributed by atoms with Crippen molar-refractivity contribution < 1.29 is 19.1 Å². The van der Waals surface area contributed by atoms with Crippen LogP contribution in [0.5, 0.6) is 5.75 Å². The van der Waals surface area contributed by atoms with Gasteiger partial charge in [0, 0.05) is 30.7 Å². The van der Waals surface area contributed by atoms with Crippen molar-refractivity contribution in [1.82, 2.24) is 25.3 Å². The summed E-state index contributed by atoms with van der Waals surface area (Å²) in [5, 5.41) is 10.6. The minimum Gasteiger partial charge on any atom is -0.491 e. The normalized spacial score (nSPS) is 17.7. The minimum atomic E-state index is -0.299. The third-order valence-corrected chi connectivity index (χ3v) is 6.14. The molecule has 0 spiro atoms. The molecule has 2 N–H and O–H groups in total. The highest BCUT2D eigenvalue weighted by Gasteiger charge is 2.28. The fourth-order valence-electron chi connectivity index (χ4n) is 4.30. The highest BCUT2D eigenvalue weighted by atomic mass is 35.5. The van der Waals surface area contributed by atoms with Gasteiger partial charge in [0.05, 0.1) is 24.3 Å². The molecule has 0 unspecified atom stereocenters. The number of benzene rings is 1. The zero-order chi connectivity index (χ0) is 23.4. The maximum absolute atomic E-state index is 13.5. The minimum absolute atomic E-state index is 0.0705. The Bertz CT molecular complexity index is 1070. The van der Waals surface area contributed by atoms with E-state index in [2.05, 4.69) is 15.7 Å². The molecule has 2 aromatic rings. The van der Waals surface area contributed by atoms with Crippen molar-refractivity contribution in [3.05, 3.63) is 45.7 Å². The second-order valence-corrected chi connectivity index (χ2v) is 8.72. The largest absolute Gasteiger partial charge is 0.491 e. The Morgan fingerprint density at radius 2 is 1.94 bits per heavy atom. The highest BCUT2D eigenvalue weighted by molar-refractivity contribution is 6.31. The van der Waals surface area contributed by atoms with Crippen molar-refractivity contribution in [2.75, 3.05) is 32.8 Å². The number of amides is 3. The average Bonchev–Trinajstić information content (AvgIpc) is 3.14. The Morgan fingerprint density at radius 1 is 1.12 bits per heavy atom. The summed E-state index contributed by atoms with van der Waals surface area (Å²) in [6, 6.07) is 4.84. The van der Waals surface area contributed by atoms with E-state index < -0.39 is 0 Å². The van der Waals surface area contributed by atoms with Crippen molar-refractivity contribution in [3.63, 3.8) is 0 Å². The number of hydrogen-bond donors (Lipinski definition) is 2. The smallest absolute Gasteiger partial charge is 0.272 e. The van der Waals surface area contributed by atoms with Gasteiger partial charge in [-0.1, -0.05) is 11.6 Å². The highest BCUT2D eigenvalue weighted by Crippen LogP contribution is 2.25. The van der Waals surface area contributed by atoms with E-state index in [1.54, 1.807) is 29.9 Å². The van der Waals surface area contributed by atoms with E-state index in [0.717, 1.165) is 36.9 Å². The molecule has 0 radical (unpaired) electrons. The number of hydrogen-bond acceptors (Lipinski definition) is 5. The first kappa shape index (κ1) is 23.1. The first-order valence-electron chi connectivity index (χ1n) is 11.3. The molecule has 10 heteroatoms. The van der Waals surface area contributed by atoms with Crippen LogP contribution in [0.1, 0.15) is 51.4 Å². The summed E-state index contributed by atoms with van der Waals surface area (Å²) in [6.07, 6.45) is 4.27. The summed E-state index contributed by atoms with van der Waals surface area (Å²) in [4.78, 5) is 40.3. The molecule has 3 amide bonds. The standard InChI is InChI=1S/C23H28ClN5O4/c1-28-21(16-5-2-3-6-18(16)27-28)23(32)29-11-4-9-26-22(31)17-13-15(24)7-8-19(17)33-12-10-25-20(30)14-29/h7-8,13H,2-6,9-12,14H2,1H3,(H,25,30)(H,26,31). The third-order valence-electron chi connectivity index (χ3n) is 5.90. The molecule has 0 fully saturated rings. The maximum Gasteiger partial charge on any atom is 0.272 e. The van der Waals surface area contributed by atoms with Crippen molar-refractivity contribution in [3.8, 4) is 5.75 Å². The Morgan fingerprint density at radius 3 is 2.79 bits per heavy atom. The van der Waals surface area contributed by atoms with E-state index in [0.29, 0.717) is 41.5 Å². The molecule has 0 atom stereocenters. The van der Waals surface area contributed by atoms with Crippen molar-refractivity contribution >= 4 is 29.3 Å². The molecule has 9 nitrogen and oxygen atoms in total. The van der Waals surface area contributed by atoms with Crippen LogP contribution in [-0.4, -0.2) is 65.2 Å². The molecule has 1 aliphatic carbocycles. The number of carbonyl (C=O) groups is 3. The fourth-order valence-corrected chi connectivity index (χ4v) is 4.48. The summed E-state index contributed by atoms with van der Waals surface area (Å²) in [5.41, 5.74) is 2.85. The van der Waals surface area contributed by atoms with Crippen LogP contribution in [0, 0.1) is 0 Å². The Labute approximate surface area is 197 Å². The number of nitrogens with zero attached hydrogens (tertiary/aromatic N) is 3. The van der Waals surface area contributed by atoms with Gasteiger partial charge < -0.3 is 20.3 Å². The number of carbonyl (C=O) groups excluding carboxylic acids is 3. The molecule has 1 aromatic carbocycles. The van der Waals surface area contributed by atoms with E-state index in [9.17, 15) is 14.4 Å². The average molecular weight is 474 g/mol. The van der Waals surface area contributed by atoms with Gasteiger partial charge in [0.15, 0.2) is 0 Å². The molecule has 4 rings (SSSR count). The number of fused-ring (bicyclic) bond motifs is 2. The van der Waals surface area contributed by atoms with Crippen molar-refractivity contribution in [1.29, 1.82) is 0 Å². The van der Waals surface area contributed by atoms with E-state index in [1.165, 1.54) is 4.90 Å². The van der Waals surface area contributed by atoms with Gasteiger partial charge in [0.1, 0.15) is 18.1 Å². The van der Waals surface area contributed by atoms with E-state index in [4.69, 9.17) is 16.3 Å². The lowest BCUT2D eigenvalue weighted by Gasteiger charge is -2.24. The number of aromatic nitrogens is 2. The summed E-state index contributed by atoms with van der Waals surface area (Å²) in [5.74, 6) is -0.372. The lowest BCUT2D eigenvalue weighted by molar-refractivity contribution is -0.121. The number of nitrogens with one attached hydrogen (secondary N) is 2. The lowest BCUT2D eigenvalue weighted by atomic mass is 9.95. The molecule has 0 saturated carbocycles. The Hall–Kier alpha value is -3.07. The van der Waals surface area contributed by atoms with Gasteiger partial charge in [-0.05, 0) is 50.3 Å². The number of halogens is 1. The van der Waals surface area contributed by atoms with Crippen LogP contribution in [0.2, 0.25) is 5.02 Å². The van der Waals surface area contributed by atoms with Crippen LogP contribution >= 0.6 is 11.6 Å². The summed E-state index contributed by atoms with van der Waals surface area (Å²) >= 11 is 6.06. The number of ether oxygens (including phenoxy) is 1. The van der Waals surface area contributed by atoms with Crippen LogP contribution in [0.25, 0.3) is 0 Å². The first-order chi connectivity index (χ1) is 15.9.